The average molecular weight is 503 g/mol. The van der Waals surface area contributed by atoms with Crippen LogP contribution in [0.15, 0.2) is 54.6 Å². The van der Waals surface area contributed by atoms with Crippen LogP contribution in [-0.4, -0.2) is 77.3 Å². The molecule has 0 aliphatic carbocycles. The third-order valence-electron chi connectivity index (χ3n) is 6.45. The number of piperidine rings is 1. The second kappa shape index (κ2) is 11.2. The van der Waals surface area contributed by atoms with E-state index in [9.17, 15) is 9.59 Å². The predicted octanol–water partition coefficient (Wildman–Crippen LogP) is 2.27. The van der Waals surface area contributed by atoms with Gasteiger partial charge in [0.05, 0.1) is 13.2 Å². The molecule has 2 amide bonds. The van der Waals surface area contributed by atoms with E-state index in [0.29, 0.717) is 50.0 Å². The molecule has 1 aromatic heterocycles. The highest BCUT2D eigenvalue weighted by Gasteiger charge is 2.24. The third-order valence-corrected chi connectivity index (χ3v) is 6.45. The van der Waals surface area contributed by atoms with Crippen molar-refractivity contribution >= 4 is 35.0 Å². The Bertz CT molecular complexity index is 1230. The standard InChI is InChI=1S/C26H30N8O3/c27-23(35)22-24(29-20-10-8-18(9-11-20)25(36)33-13-15-37-16-14-33)30-26(32-31-22)34-12-4-7-21(17-34)28-19-5-2-1-3-6-19/h1-3,5-6,8-11,21,28H,4,7,12-17H2,(H2,27,35)(H,29,30,32). The Hall–Kier alpha value is -4.25. The molecule has 3 heterocycles. The lowest BCUT2D eigenvalue weighted by molar-refractivity contribution is 0.0303. The molecule has 192 valence electrons. The molecule has 11 heteroatoms. The second-order valence-electron chi connectivity index (χ2n) is 9.08. The maximum absolute atomic E-state index is 12.7. The molecule has 0 saturated carbocycles. The van der Waals surface area contributed by atoms with Crippen LogP contribution in [0.1, 0.15) is 33.7 Å². The molecule has 0 spiro atoms. The minimum Gasteiger partial charge on any atom is -0.381 e. The lowest BCUT2D eigenvalue weighted by Crippen LogP contribution is -2.43. The van der Waals surface area contributed by atoms with Gasteiger partial charge in [-0.05, 0) is 49.2 Å². The number of hydrogen-bond donors (Lipinski definition) is 3. The Morgan fingerprint density at radius 3 is 2.43 bits per heavy atom. The van der Waals surface area contributed by atoms with E-state index in [2.05, 4.69) is 30.7 Å². The summed E-state index contributed by atoms with van der Waals surface area (Å²) in [4.78, 5) is 33.2. The number of rotatable bonds is 7. The van der Waals surface area contributed by atoms with Gasteiger partial charge in [0.2, 0.25) is 5.95 Å². The summed E-state index contributed by atoms with van der Waals surface area (Å²) in [6.45, 7) is 3.73. The summed E-state index contributed by atoms with van der Waals surface area (Å²) in [7, 11) is 0. The van der Waals surface area contributed by atoms with Crippen molar-refractivity contribution in [1.82, 2.24) is 20.1 Å². The summed E-state index contributed by atoms with van der Waals surface area (Å²) in [6.07, 6.45) is 1.99. The van der Waals surface area contributed by atoms with Crippen LogP contribution in [-0.2, 0) is 4.74 Å². The van der Waals surface area contributed by atoms with E-state index in [1.54, 1.807) is 29.2 Å². The van der Waals surface area contributed by atoms with Crippen molar-refractivity contribution < 1.29 is 14.3 Å². The molecule has 2 saturated heterocycles. The molecule has 3 aromatic rings. The van der Waals surface area contributed by atoms with Gasteiger partial charge in [0.25, 0.3) is 11.8 Å². The predicted molar refractivity (Wildman–Crippen MR) is 140 cm³/mol. The molecule has 4 N–H and O–H groups in total. The first-order valence-electron chi connectivity index (χ1n) is 12.4. The van der Waals surface area contributed by atoms with E-state index in [0.717, 1.165) is 25.1 Å². The molecular formula is C26H30N8O3. The van der Waals surface area contributed by atoms with Crippen molar-refractivity contribution in [1.29, 1.82) is 0 Å². The maximum Gasteiger partial charge on any atom is 0.273 e. The van der Waals surface area contributed by atoms with E-state index in [1.165, 1.54) is 0 Å². The van der Waals surface area contributed by atoms with Gasteiger partial charge in [0.15, 0.2) is 11.5 Å². The SMILES string of the molecule is NC(=O)c1nnc(N2CCCC(Nc3ccccc3)C2)nc1Nc1ccc(C(=O)N2CCOCC2)cc1. The van der Waals surface area contributed by atoms with Gasteiger partial charge in [0, 0.05) is 49.2 Å². The van der Waals surface area contributed by atoms with Crippen molar-refractivity contribution in [3.63, 3.8) is 0 Å². The van der Waals surface area contributed by atoms with Crippen LogP contribution < -0.4 is 21.3 Å². The summed E-state index contributed by atoms with van der Waals surface area (Å²) < 4.78 is 5.32. The number of para-hydroxylation sites is 1. The van der Waals surface area contributed by atoms with Crippen LogP contribution >= 0.6 is 0 Å². The number of benzene rings is 2. The minimum atomic E-state index is -0.726. The van der Waals surface area contributed by atoms with Crippen LogP contribution in [0.2, 0.25) is 0 Å². The van der Waals surface area contributed by atoms with Crippen LogP contribution in [0.4, 0.5) is 23.1 Å². The van der Waals surface area contributed by atoms with Gasteiger partial charge in [-0.15, -0.1) is 10.2 Å². The Kier molecular flexibility index (Phi) is 7.41. The number of carbonyl (C=O) groups excluding carboxylic acids is 2. The van der Waals surface area contributed by atoms with E-state index < -0.39 is 5.91 Å². The number of nitrogens with zero attached hydrogens (tertiary/aromatic N) is 5. The fraction of sp³-hybridized carbons (Fsp3) is 0.346. The van der Waals surface area contributed by atoms with E-state index in [4.69, 9.17) is 10.5 Å². The van der Waals surface area contributed by atoms with Crippen molar-refractivity contribution in [3.8, 4) is 0 Å². The van der Waals surface area contributed by atoms with E-state index in [1.807, 2.05) is 30.3 Å². The van der Waals surface area contributed by atoms with Crippen molar-refractivity contribution in [2.24, 2.45) is 5.73 Å². The molecule has 2 aliphatic heterocycles. The number of nitrogens with two attached hydrogens (primary N) is 1. The number of aromatic nitrogens is 3. The highest BCUT2D eigenvalue weighted by atomic mass is 16.5. The van der Waals surface area contributed by atoms with Crippen molar-refractivity contribution in [2.75, 3.05) is 54.9 Å². The Morgan fingerprint density at radius 2 is 1.70 bits per heavy atom. The van der Waals surface area contributed by atoms with Gasteiger partial charge >= 0.3 is 0 Å². The molecular weight excluding hydrogens is 472 g/mol. The van der Waals surface area contributed by atoms with Gasteiger partial charge in [-0.25, -0.2) is 0 Å². The highest BCUT2D eigenvalue weighted by Crippen LogP contribution is 2.23. The number of amides is 2. The van der Waals surface area contributed by atoms with Crippen LogP contribution in [0, 0.1) is 0 Å². The van der Waals surface area contributed by atoms with Crippen LogP contribution in [0.3, 0.4) is 0 Å². The molecule has 5 rings (SSSR count). The first-order chi connectivity index (χ1) is 18.1. The summed E-state index contributed by atoms with van der Waals surface area (Å²) >= 11 is 0. The number of primary amides is 1. The Labute approximate surface area is 215 Å². The number of ether oxygens (including phenoxy) is 1. The second-order valence-corrected chi connectivity index (χ2v) is 9.08. The number of hydrogen-bond acceptors (Lipinski definition) is 9. The number of nitrogens with one attached hydrogen (secondary N) is 2. The molecule has 2 fully saturated rings. The average Bonchev–Trinajstić information content (AvgIpc) is 2.94. The Balaban J connectivity index is 1.30. The minimum absolute atomic E-state index is 0.0394. The van der Waals surface area contributed by atoms with E-state index in [-0.39, 0.29) is 23.5 Å². The summed E-state index contributed by atoms with van der Waals surface area (Å²) in [5, 5.41) is 15.0. The molecule has 0 radical (unpaired) electrons. The zero-order valence-electron chi connectivity index (χ0n) is 20.5. The molecule has 37 heavy (non-hydrogen) atoms. The van der Waals surface area contributed by atoms with Gasteiger partial charge in [-0.2, -0.15) is 4.98 Å². The number of morpholine rings is 1. The topological polar surface area (TPSA) is 139 Å². The molecule has 11 nitrogen and oxygen atoms in total. The largest absolute Gasteiger partial charge is 0.381 e. The van der Waals surface area contributed by atoms with Gasteiger partial charge in [0.1, 0.15) is 0 Å². The third kappa shape index (κ3) is 5.95. The van der Waals surface area contributed by atoms with Crippen molar-refractivity contribution in [3.05, 3.63) is 65.9 Å². The number of carbonyl (C=O) groups is 2. The fourth-order valence-corrected chi connectivity index (χ4v) is 4.53. The highest BCUT2D eigenvalue weighted by molar-refractivity contribution is 5.97. The summed E-state index contributed by atoms with van der Waals surface area (Å²) in [6, 6.07) is 17.3. The van der Waals surface area contributed by atoms with Crippen LogP contribution in [0.25, 0.3) is 0 Å². The lowest BCUT2D eigenvalue weighted by atomic mass is 10.1. The maximum atomic E-state index is 12.7. The van der Waals surface area contributed by atoms with Crippen molar-refractivity contribution in [2.45, 2.75) is 18.9 Å². The lowest BCUT2D eigenvalue weighted by Gasteiger charge is -2.33. The summed E-state index contributed by atoms with van der Waals surface area (Å²) in [5.74, 6) is -0.119. The molecule has 1 atom stereocenters. The zero-order valence-corrected chi connectivity index (χ0v) is 20.5. The fourth-order valence-electron chi connectivity index (χ4n) is 4.53. The van der Waals surface area contributed by atoms with Gasteiger partial charge < -0.3 is 30.9 Å². The first kappa shape index (κ1) is 24.4. The van der Waals surface area contributed by atoms with Crippen LogP contribution in [0.5, 0.6) is 0 Å². The zero-order chi connectivity index (χ0) is 25.6. The molecule has 0 bridgehead atoms. The monoisotopic (exact) mass is 502 g/mol. The quantitative estimate of drug-likeness (QED) is 0.444. The van der Waals surface area contributed by atoms with Gasteiger partial charge in [-0.3, -0.25) is 9.59 Å². The Morgan fingerprint density at radius 1 is 0.946 bits per heavy atom. The summed E-state index contributed by atoms with van der Waals surface area (Å²) in [5.41, 5.74) is 7.79. The molecule has 2 aliphatic rings. The smallest absolute Gasteiger partial charge is 0.273 e. The first-order valence-corrected chi connectivity index (χ1v) is 12.4. The molecule has 1 unspecified atom stereocenters. The number of anilines is 4. The molecule has 2 aromatic carbocycles. The normalized spacial score (nSPS) is 17.8. The van der Waals surface area contributed by atoms with E-state index >= 15 is 0 Å². The van der Waals surface area contributed by atoms with Gasteiger partial charge in [-0.1, -0.05) is 18.2 Å².